The minimum Gasteiger partial charge on any atom is -0.480 e. The predicted molar refractivity (Wildman–Crippen MR) is 209 cm³/mol. The fourth-order valence-electron chi connectivity index (χ4n) is 6.83. The first-order valence-corrected chi connectivity index (χ1v) is 19.4. The summed E-state index contributed by atoms with van der Waals surface area (Å²) in [6.07, 6.45) is -4.27. The third kappa shape index (κ3) is 14.8. The molecule has 0 aliphatic carbocycles. The molecule has 1 aromatic carbocycles. The van der Waals surface area contributed by atoms with Gasteiger partial charge in [-0.15, -0.1) is 0 Å². The van der Waals surface area contributed by atoms with Crippen LogP contribution in [0, 0.1) is 17.8 Å². The zero-order valence-corrected chi connectivity index (χ0v) is 35.5. The summed E-state index contributed by atoms with van der Waals surface area (Å²) in [5.74, 6) is -6.12. The number of aliphatic carboxylic acids is 2. The summed E-state index contributed by atoms with van der Waals surface area (Å²) in [6, 6.07) is 6.27. The minimum absolute atomic E-state index is 0.0136. The van der Waals surface area contributed by atoms with Crippen LogP contribution in [0.15, 0.2) is 30.3 Å². The average molecular weight is 832 g/mol. The van der Waals surface area contributed by atoms with E-state index in [4.69, 9.17) is 19.4 Å². The number of rotatable bonds is 20. The molecule has 0 saturated carbocycles. The van der Waals surface area contributed by atoms with Gasteiger partial charge in [0.2, 0.25) is 23.6 Å². The highest BCUT2D eigenvalue weighted by Crippen LogP contribution is 2.30. The molecule has 1 aliphatic heterocycles. The van der Waals surface area contributed by atoms with Gasteiger partial charge in [0, 0.05) is 34.2 Å². The lowest BCUT2D eigenvalue weighted by Gasteiger charge is -2.41. The molecule has 4 amide bonds. The van der Waals surface area contributed by atoms with E-state index in [-0.39, 0.29) is 42.4 Å². The third-order valence-corrected chi connectivity index (χ3v) is 10.8. The Kier molecular flexibility index (Phi) is 20.8. The van der Waals surface area contributed by atoms with Crippen molar-refractivity contribution in [2.24, 2.45) is 17.8 Å². The number of carbonyl (C=O) groups is 6. The van der Waals surface area contributed by atoms with Crippen molar-refractivity contribution >= 4 is 35.6 Å². The Balaban J connectivity index is 0.00000219. The van der Waals surface area contributed by atoms with Crippen LogP contribution >= 0.6 is 0 Å². The number of amides is 4. The molecule has 8 atom stereocenters. The van der Waals surface area contributed by atoms with Crippen LogP contribution in [0.3, 0.4) is 0 Å². The molecule has 1 heterocycles. The predicted octanol–water partition coefficient (Wildman–Crippen LogP) is 3.49. The summed E-state index contributed by atoms with van der Waals surface area (Å²) in [5, 5.41) is 25.6. The summed E-state index contributed by atoms with van der Waals surface area (Å²) < 4.78 is 43.5. The van der Waals surface area contributed by atoms with Gasteiger partial charge in [0.1, 0.15) is 12.1 Å². The maximum atomic E-state index is 14.1. The summed E-state index contributed by atoms with van der Waals surface area (Å²) in [5.41, 5.74) is -0.0968. The Bertz CT molecular complexity index is 1510. The van der Waals surface area contributed by atoms with Gasteiger partial charge in [-0.1, -0.05) is 71.4 Å². The number of carboxylic acid groups (broad SMARTS) is 2. The summed E-state index contributed by atoms with van der Waals surface area (Å²) in [4.78, 5) is 78.9. The van der Waals surface area contributed by atoms with E-state index in [0.717, 1.165) is 5.56 Å². The molecule has 1 fully saturated rings. The van der Waals surface area contributed by atoms with Gasteiger partial charge in [-0.3, -0.25) is 19.2 Å². The number of likely N-dealkylation sites (N-methyl/N-ethyl adjacent to an activating group) is 2. The molecular weight excluding hydrogens is 767 g/mol. The first-order valence-electron chi connectivity index (χ1n) is 19.4. The van der Waals surface area contributed by atoms with Crippen LogP contribution in [0.4, 0.5) is 13.2 Å². The second-order valence-corrected chi connectivity index (χ2v) is 15.6. The lowest BCUT2D eigenvalue weighted by Crippen LogP contribution is -2.61. The van der Waals surface area contributed by atoms with E-state index in [2.05, 4.69) is 16.0 Å². The average Bonchev–Trinajstić information content (AvgIpc) is 3.65. The number of halogens is 3. The van der Waals surface area contributed by atoms with E-state index < -0.39 is 71.9 Å². The molecule has 330 valence electrons. The molecule has 0 bridgehead atoms. The summed E-state index contributed by atoms with van der Waals surface area (Å²) in [7, 11) is 6.41. The molecule has 15 nitrogen and oxygen atoms in total. The number of likely N-dealkylation sites (tertiary alicyclic amines) is 1. The van der Waals surface area contributed by atoms with Crippen molar-refractivity contribution in [2.45, 2.75) is 129 Å². The van der Waals surface area contributed by atoms with Gasteiger partial charge in [-0.05, 0) is 51.1 Å². The number of ether oxygens (including phenoxy) is 2. The highest BCUT2D eigenvalue weighted by molar-refractivity contribution is 5.92. The van der Waals surface area contributed by atoms with Gasteiger partial charge < -0.3 is 45.4 Å². The van der Waals surface area contributed by atoms with Crippen LogP contribution in [-0.2, 0) is 44.7 Å². The van der Waals surface area contributed by atoms with Crippen LogP contribution in [0.2, 0.25) is 0 Å². The second kappa shape index (κ2) is 23.3. The molecule has 58 heavy (non-hydrogen) atoms. The number of nitrogens with zero attached hydrogens (tertiary/aromatic N) is 2. The van der Waals surface area contributed by atoms with Gasteiger partial charge in [-0.2, -0.15) is 13.2 Å². The number of alkyl halides is 3. The van der Waals surface area contributed by atoms with Crippen molar-refractivity contribution in [3.8, 4) is 0 Å². The number of hydrogen-bond donors (Lipinski definition) is 5. The molecule has 1 aliphatic rings. The first-order chi connectivity index (χ1) is 26.9. The van der Waals surface area contributed by atoms with Gasteiger partial charge in [0.05, 0.1) is 42.2 Å². The second-order valence-electron chi connectivity index (χ2n) is 15.6. The van der Waals surface area contributed by atoms with Crippen molar-refractivity contribution in [3.63, 3.8) is 0 Å². The normalized spacial score (nSPS) is 18.1. The molecule has 18 heteroatoms. The molecule has 0 radical (unpaired) electrons. The van der Waals surface area contributed by atoms with Crippen molar-refractivity contribution in [3.05, 3.63) is 35.9 Å². The quantitative estimate of drug-likeness (QED) is 0.129. The van der Waals surface area contributed by atoms with Crippen LogP contribution in [0.25, 0.3) is 0 Å². The highest BCUT2D eigenvalue weighted by Gasteiger charge is 2.44. The van der Waals surface area contributed by atoms with E-state index in [1.54, 1.807) is 44.7 Å². The standard InChI is InChI=1S/C38H63N5O8.C2HF3O2/c1-12-24(4)32(42(9)35(46)31(23(2)3)41-37(49)38(6,7)39-8)29(50-10)22-30(44)43-20-16-19-28(43)33(51-11)25(5)34(45)40-27(36(47)48)21-26-17-14-13-15-18-26;3-2(4,5)1(6)7/h13-15,17-18,23-25,27-29,31-33,39H,12,16,19-22H2,1-11H3,(H,40,45)(H,41,49)(H,47,48);(H,6,7)/t24-,25+,27-,28-,29+,31-,32-,33+;/m0./s1. The summed E-state index contributed by atoms with van der Waals surface area (Å²) in [6.45, 7) is 13.4. The monoisotopic (exact) mass is 831 g/mol. The van der Waals surface area contributed by atoms with E-state index in [9.17, 15) is 42.3 Å². The maximum absolute atomic E-state index is 14.1. The number of nitrogens with one attached hydrogen (secondary N) is 3. The van der Waals surface area contributed by atoms with Crippen LogP contribution in [0.5, 0.6) is 0 Å². The Morgan fingerprint density at radius 1 is 0.966 bits per heavy atom. The SMILES string of the molecule is CC[C@H](C)[C@@H]([C@@H](CC(=O)N1CCC[C@H]1[C@H](OC)[C@@H](C)C(=O)N[C@@H](Cc1ccccc1)C(=O)O)OC)N(C)C(=O)[C@@H](NC(=O)C(C)(C)NC)C(C)C.O=C(O)C(F)(F)F. The minimum atomic E-state index is -5.08. The lowest BCUT2D eigenvalue weighted by molar-refractivity contribution is -0.192. The lowest BCUT2D eigenvalue weighted by atomic mass is 9.89. The molecule has 5 N–H and O–H groups in total. The third-order valence-electron chi connectivity index (χ3n) is 10.8. The Morgan fingerprint density at radius 3 is 1.98 bits per heavy atom. The molecule has 1 saturated heterocycles. The highest BCUT2D eigenvalue weighted by atomic mass is 19.4. The van der Waals surface area contributed by atoms with E-state index in [0.29, 0.717) is 25.8 Å². The first kappa shape index (κ1) is 51.7. The number of methoxy groups -OCH3 is 2. The smallest absolute Gasteiger partial charge is 0.480 e. The van der Waals surface area contributed by atoms with Crippen LogP contribution in [0.1, 0.15) is 79.7 Å². The van der Waals surface area contributed by atoms with Crippen LogP contribution in [-0.4, -0.2) is 139 Å². The molecule has 2 rings (SSSR count). The number of carboxylic acids is 2. The van der Waals surface area contributed by atoms with Gasteiger partial charge in [0.25, 0.3) is 0 Å². The van der Waals surface area contributed by atoms with Gasteiger partial charge in [-0.25, -0.2) is 9.59 Å². The Labute approximate surface area is 339 Å². The van der Waals surface area contributed by atoms with Crippen molar-refractivity contribution in [2.75, 3.05) is 34.9 Å². The fourth-order valence-corrected chi connectivity index (χ4v) is 6.83. The Hall–Kier alpha value is -4.29. The number of hydrogen-bond acceptors (Lipinski definition) is 9. The maximum Gasteiger partial charge on any atom is 0.490 e. The van der Waals surface area contributed by atoms with Gasteiger partial charge in [0.15, 0.2) is 0 Å². The van der Waals surface area contributed by atoms with Crippen molar-refractivity contribution in [1.82, 2.24) is 25.8 Å². The van der Waals surface area contributed by atoms with Crippen LogP contribution < -0.4 is 16.0 Å². The van der Waals surface area contributed by atoms with Crippen molar-refractivity contribution in [1.29, 1.82) is 0 Å². The zero-order valence-electron chi connectivity index (χ0n) is 35.5. The number of carbonyl (C=O) groups excluding carboxylic acids is 4. The molecular formula is C40H64F3N5O10. The molecule has 1 aromatic rings. The Morgan fingerprint density at radius 2 is 1.53 bits per heavy atom. The number of benzene rings is 1. The van der Waals surface area contributed by atoms with Gasteiger partial charge >= 0.3 is 18.1 Å². The molecule has 0 aromatic heterocycles. The molecule has 0 unspecified atom stereocenters. The van der Waals surface area contributed by atoms with Crippen molar-refractivity contribution < 1.29 is 61.6 Å². The fraction of sp³-hybridized carbons (Fsp3) is 0.700. The van der Waals surface area contributed by atoms with E-state index in [1.807, 2.05) is 58.0 Å². The molecule has 0 spiro atoms. The largest absolute Gasteiger partial charge is 0.490 e. The topological polar surface area (TPSA) is 204 Å². The van der Waals surface area contributed by atoms with E-state index >= 15 is 0 Å². The zero-order chi connectivity index (χ0) is 44.7. The van der Waals surface area contributed by atoms with E-state index in [1.165, 1.54) is 14.2 Å². The summed E-state index contributed by atoms with van der Waals surface area (Å²) >= 11 is 0.